The lowest BCUT2D eigenvalue weighted by atomic mass is 10.1. The molecule has 0 aromatic heterocycles. The van der Waals surface area contributed by atoms with Crippen molar-refractivity contribution in [1.29, 1.82) is 0 Å². The number of carboxylic acid groups (broad SMARTS) is 1. The van der Waals surface area contributed by atoms with Crippen molar-refractivity contribution in [3.63, 3.8) is 0 Å². The first-order valence-electron chi connectivity index (χ1n) is 3.98. The van der Waals surface area contributed by atoms with Crippen LogP contribution in [0.1, 0.15) is 20.3 Å². The monoisotopic (exact) mass is 186 g/mol. The van der Waals surface area contributed by atoms with Gasteiger partial charge in [-0.3, -0.25) is 4.79 Å². The van der Waals surface area contributed by atoms with Crippen LogP contribution in [0.25, 0.3) is 0 Å². The van der Waals surface area contributed by atoms with Crippen LogP contribution >= 0.6 is 0 Å². The van der Waals surface area contributed by atoms with Crippen molar-refractivity contribution in [3.05, 3.63) is 11.6 Å². The van der Waals surface area contributed by atoms with Gasteiger partial charge in [0.15, 0.2) is 0 Å². The molecule has 4 nitrogen and oxygen atoms in total. The average molecular weight is 186 g/mol. The van der Waals surface area contributed by atoms with Crippen LogP contribution in [0.4, 0.5) is 0 Å². The highest BCUT2D eigenvalue weighted by Gasteiger charge is 2.13. The highest BCUT2D eigenvalue weighted by Crippen LogP contribution is 2.08. The molecule has 0 bridgehead atoms. The Morgan fingerprint density at radius 1 is 1.46 bits per heavy atom. The fourth-order valence-electron chi connectivity index (χ4n) is 0.896. The highest BCUT2D eigenvalue weighted by atomic mass is 16.5. The molecule has 0 aromatic carbocycles. The quantitative estimate of drug-likeness (QED) is 0.529. The van der Waals surface area contributed by atoms with Gasteiger partial charge in [0.1, 0.15) is 0 Å². The second-order valence-corrected chi connectivity index (χ2v) is 3.00. The van der Waals surface area contributed by atoms with E-state index in [0.29, 0.717) is 0 Å². The number of carboxylic acids is 1. The second-order valence-electron chi connectivity index (χ2n) is 3.00. The predicted molar refractivity (Wildman–Crippen MR) is 47.2 cm³/mol. The Bertz CT molecular complexity index is 228. The highest BCUT2D eigenvalue weighted by molar-refractivity contribution is 5.93. The first kappa shape index (κ1) is 11.7. The van der Waals surface area contributed by atoms with Gasteiger partial charge in [0.2, 0.25) is 0 Å². The largest absolute Gasteiger partial charge is 0.481 e. The Morgan fingerprint density at radius 2 is 2.00 bits per heavy atom. The molecule has 0 spiro atoms. The Morgan fingerprint density at radius 3 is 2.31 bits per heavy atom. The lowest BCUT2D eigenvalue weighted by molar-refractivity contribution is -0.141. The minimum Gasteiger partial charge on any atom is -0.481 e. The summed E-state index contributed by atoms with van der Waals surface area (Å²) in [6.45, 7) is 3.73. The SMILES string of the molecule is COC(=O)C(=CC(C)C)CC(=O)O. The molecule has 1 N–H and O–H groups in total. The minimum atomic E-state index is -1.03. The summed E-state index contributed by atoms with van der Waals surface area (Å²) in [5.74, 6) is -1.47. The molecule has 0 heterocycles. The number of ether oxygens (including phenoxy) is 1. The van der Waals surface area contributed by atoms with Crippen LogP contribution in [0.15, 0.2) is 11.6 Å². The number of rotatable bonds is 4. The van der Waals surface area contributed by atoms with Gasteiger partial charge in [-0.2, -0.15) is 0 Å². The maximum Gasteiger partial charge on any atom is 0.334 e. The first-order chi connectivity index (χ1) is 5.97. The molecular weight excluding hydrogens is 172 g/mol. The van der Waals surface area contributed by atoms with Gasteiger partial charge in [0.05, 0.1) is 13.5 Å². The van der Waals surface area contributed by atoms with E-state index >= 15 is 0 Å². The molecule has 0 saturated carbocycles. The molecule has 0 radical (unpaired) electrons. The fraction of sp³-hybridized carbons (Fsp3) is 0.556. The molecule has 0 aliphatic rings. The predicted octanol–water partition coefficient (Wildman–Crippen LogP) is 1.22. The molecule has 13 heavy (non-hydrogen) atoms. The maximum atomic E-state index is 11.0. The van der Waals surface area contributed by atoms with E-state index in [1.54, 1.807) is 6.08 Å². The Kier molecular flexibility index (Phi) is 4.80. The third-order valence-corrected chi connectivity index (χ3v) is 1.32. The Labute approximate surface area is 77.2 Å². The fourth-order valence-corrected chi connectivity index (χ4v) is 0.896. The van der Waals surface area contributed by atoms with Crippen LogP contribution < -0.4 is 0 Å². The Balaban J connectivity index is 4.55. The zero-order valence-electron chi connectivity index (χ0n) is 8.03. The van der Waals surface area contributed by atoms with E-state index in [4.69, 9.17) is 5.11 Å². The topological polar surface area (TPSA) is 63.6 Å². The van der Waals surface area contributed by atoms with Gasteiger partial charge >= 0.3 is 11.9 Å². The van der Waals surface area contributed by atoms with Crippen molar-refractivity contribution < 1.29 is 19.4 Å². The van der Waals surface area contributed by atoms with Gasteiger partial charge in [-0.15, -0.1) is 0 Å². The summed E-state index contributed by atoms with van der Waals surface area (Å²) in [6.07, 6.45) is 1.31. The number of methoxy groups -OCH3 is 1. The number of hydrogen-bond acceptors (Lipinski definition) is 3. The Hall–Kier alpha value is -1.32. The van der Waals surface area contributed by atoms with Gasteiger partial charge in [-0.25, -0.2) is 4.79 Å². The molecule has 0 saturated heterocycles. The number of hydrogen-bond donors (Lipinski definition) is 1. The maximum absolute atomic E-state index is 11.0. The number of aliphatic carboxylic acids is 1. The molecule has 0 fully saturated rings. The van der Waals surface area contributed by atoms with Crippen LogP contribution in [-0.4, -0.2) is 24.2 Å². The van der Waals surface area contributed by atoms with Crippen molar-refractivity contribution in [1.82, 2.24) is 0 Å². The minimum absolute atomic E-state index is 0.133. The van der Waals surface area contributed by atoms with E-state index in [1.165, 1.54) is 7.11 Å². The van der Waals surface area contributed by atoms with E-state index in [1.807, 2.05) is 13.8 Å². The smallest absolute Gasteiger partial charge is 0.334 e. The summed E-state index contributed by atoms with van der Waals surface area (Å²) in [5.41, 5.74) is 0.199. The van der Waals surface area contributed by atoms with Crippen LogP contribution in [0.2, 0.25) is 0 Å². The average Bonchev–Trinajstić information content (AvgIpc) is 2.00. The lowest BCUT2D eigenvalue weighted by Crippen LogP contribution is -2.10. The molecule has 0 aliphatic carbocycles. The van der Waals surface area contributed by atoms with E-state index in [9.17, 15) is 9.59 Å². The third-order valence-electron chi connectivity index (χ3n) is 1.32. The van der Waals surface area contributed by atoms with Crippen molar-refractivity contribution >= 4 is 11.9 Å². The number of carbonyl (C=O) groups is 2. The van der Waals surface area contributed by atoms with E-state index in [2.05, 4.69) is 4.74 Å². The summed E-state index contributed by atoms with van der Waals surface area (Å²) < 4.78 is 4.44. The van der Waals surface area contributed by atoms with Gasteiger partial charge in [0, 0.05) is 5.57 Å². The van der Waals surface area contributed by atoms with Crippen molar-refractivity contribution in [2.75, 3.05) is 7.11 Å². The summed E-state index contributed by atoms with van der Waals surface area (Å²) >= 11 is 0. The lowest BCUT2D eigenvalue weighted by Gasteiger charge is -2.03. The van der Waals surface area contributed by atoms with Crippen molar-refractivity contribution in [3.8, 4) is 0 Å². The van der Waals surface area contributed by atoms with Crippen LogP contribution in [0.5, 0.6) is 0 Å². The first-order valence-corrected chi connectivity index (χ1v) is 3.98. The van der Waals surface area contributed by atoms with E-state index in [-0.39, 0.29) is 17.9 Å². The van der Waals surface area contributed by atoms with Gasteiger partial charge in [0.25, 0.3) is 0 Å². The normalized spacial score (nSPS) is 11.5. The standard InChI is InChI=1S/C9H14O4/c1-6(2)4-7(5-8(10)11)9(12)13-3/h4,6H,5H2,1-3H3,(H,10,11). The van der Waals surface area contributed by atoms with E-state index < -0.39 is 11.9 Å². The molecule has 0 aromatic rings. The van der Waals surface area contributed by atoms with Crippen LogP contribution in [-0.2, 0) is 14.3 Å². The molecule has 0 unspecified atom stereocenters. The zero-order chi connectivity index (χ0) is 10.4. The van der Waals surface area contributed by atoms with Gasteiger partial charge in [-0.05, 0) is 5.92 Å². The second kappa shape index (κ2) is 5.35. The van der Waals surface area contributed by atoms with Crippen molar-refractivity contribution in [2.45, 2.75) is 20.3 Å². The van der Waals surface area contributed by atoms with Crippen molar-refractivity contribution in [2.24, 2.45) is 5.92 Å². The molecule has 4 heteroatoms. The van der Waals surface area contributed by atoms with Gasteiger partial charge in [-0.1, -0.05) is 19.9 Å². The molecular formula is C9H14O4. The van der Waals surface area contributed by atoms with Crippen LogP contribution in [0, 0.1) is 5.92 Å². The van der Waals surface area contributed by atoms with Crippen LogP contribution in [0.3, 0.4) is 0 Å². The number of carbonyl (C=O) groups excluding carboxylic acids is 1. The van der Waals surface area contributed by atoms with E-state index in [0.717, 1.165) is 0 Å². The number of esters is 1. The summed E-state index contributed by atoms with van der Waals surface area (Å²) in [4.78, 5) is 21.4. The molecule has 74 valence electrons. The number of allylic oxidation sites excluding steroid dienone is 1. The zero-order valence-corrected chi connectivity index (χ0v) is 8.03. The van der Waals surface area contributed by atoms with Gasteiger partial charge < -0.3 is 9.84 Å². The molecule has 0 aliphatic heterocycles. The summed E-state index contributed by atoms with van der Waals surface area (Å²) in [5, 5.41) is 8.49. The third kappa shape index (κ3) is 5.00. The molecule has 0 rings (SSSR count). The summed E-state index contributed by atoms with van der Waals surface area (Å²) in [7, 11) is 1.23. The molecule has 0 atom stereocenters. The summed E-state index contributed by atoms with van der Waals surface area (Å²) in [6, 6.07) is 0. The molecule has 0 amide bonds.